The van der Waals surface area contributed by atoms with E-state index in [-0.39, 0.29) is 0 Å². The molecule has 0 aromatic carbocycles. The van der Waals surface area contributed by atoms with Gasteiger partial charge in [0, 0.05) is 28.9 Å². The third kappa shape index (κ3) is 2.65. The topological polar surface area (TPSA) is 47.1 Å². The molecule has 0 radical (unpaired) electrons. The van der Waals surface area contributed by atoms with E-state index in [1.807, 2.05) is 45.8 Å². The summed E-state index contributed by atoms with van der Waals surface area (Å²) in [6.07, 6.45) is 8.53. The van der Waals surface area contributed by atoms with Crippen molar-refractivity contribution in [3.63, 3.8) is 0 Å². The molecule has 1 saturated heterocycles. The Kier molecular flexibility index (Phi) is 3.58. The Hall–Kier alpha value is -1.89. The second kappa shape index (κ2) is 5.83. The molecule has 0 spiro atoms. The number of nitrogens with one attached hydrogen (secondary N) is 1. The van der Waals surface area contributed by atoms with E-state index in [1.54, 1.807) is 0 Å². The summed E-state index contributed by atoms with van der Waals surface area (Å²) >= 11 is 8.22. The smallest absolute Gasteiger partial charge is 0.155 e. The largest absolute Gasteiger partial charge is 0.317 e. The molecule has 0 atom stereocenters. The van der Waals surface area contributed by atoms with Crippen LogP contribution in [0.15, 0.2) is 30.7 Å². The van der Waals surface area contributed by atoms with Crippen LogP contribution >= 0.6 is 22.9 Å². The molecule has 4 aromatic rings. The average Bonchev–Trinajstić information content (AvgIpc) is 3.27. The summed E-state index contributed by atoms with van der Waals surface area (Å²) < 4.78 is 3.87. The summed E-state index contributed by atoms with van der Waals surface area (Å²) in [5, 5.41) is 10.1. The van der Waals surface area contributed by atoms with Gasteiger partial charge in [-0.25, -0.2) is 9.67 Å². The summed E-state index contributed by atoms with van der Waals surface area (Å²) in [6.45, 7) is 4.20. The van der Waals surface area contributed by atoms with E-state index < -0.39 is 0 Å². The molecule has 1 aliphatic heterocycles. The molecule has 128 valence electrons. The van der Waals surface area contributed by atoms with Gasteiger partial charge in [-0.3, -0.25) is 0 Å². The van der Waals surface area contributed by atoms with E-state index in [9.17, 15) is 0 Å². The normalized spacial score (nSPS) is 16.2. The summed E-state index contributed by atoms with van der Waals surface area (Å²) in [4.78, 5) is 6.99. The Morgan fingerprint density at radius 3 is 2.84 bits per heavy atom. The minimum absolute atomic E-state index is 0.639. The number of aryl methyl sites for hydroxylation is 1. The molecule has 1 aliphatic rings. The third-order valence-corrected chi connectivity index (χ3v) is 6.31. The van der Waals surface area contributed by atoms with Gasteiger partial charge in [-0.1, -0.05) is 11.6 Å². The minimum atomic E-state index is 0.639. The molecule has 25 heavy (non-hydrogen) atoms. The first-order valence-corrected chi connectivity index (χ1v) is 9.72. The zero-order chi connectivity index (χ0) is 17.0. The number of hydrogen-bond donors (Lipinski definition) is 1. The SMILES string of the molecule is Cc1cn2cc(-n3cc4cc(C5CCNCC5)sc4n3)cc(Cl)c2n1. The second-order valence-corrected chi connectivity index (χ2v) is 8.14. The van der Waals surface area contributed by atoms with Crippen LogP contribution in [0.5, 0.6) is 0 Å². The highest BCUT2D eigenvalue weighted by atomic mass is 35.5. The second-order valence-electron chi connectivity index (χ2n) is 6.67. The Morgan fingerprint density at radius 1 is 1.20 bits per heavy atom. The van der Waals surface area contributed by atoms with Crippen LogP contribution in [-0.2, 0) is 0 Å². The summed E-state index contributed by atoms with van der Waals surface area (Å²) in [5.74, 6) is 0.675. The number of imidazole rings is 1. The van der Waals surface area contributed by atoms with E-state index in [0.29, 0.717) is 10.9 Å². The van der Waals surface area contributed by atoms with Crippen molar-refractivity contribution in [1.82, 2.24) is 24.5 Å². The predicted octanol–water partition coefficient (Wildman–Crippen LogP) is 4.16. The van der Waals surface area contributed by atoms with Gasteiger partial charge in [0.1, 0.15) is 4.83 Å². The first kappa shape index (κ1) is 15.4. The number of piperidine rings is 1. The Morgan fingerprint density at radius 2 is 2.04 bits per heavy atom. The fourth-order valence-corrected chi connectivity index (χ4v) is 5.00. The Balaban J connectivity index is 1.53. The third-order valence-electron chi connectivity index (χ3n) is 4.84. The lowest BCUT2D eigenvalue weighted by atomic mass is 9.96. The molecule has 1 N–H and O–H groups in total. The number of fused-ring (bicyclic) bond motifs is 2. The van der Waals surface area contributed by atoms with Crippen LogP contribution in [0.2, 0.25) is 5.02 Å². The highest BCUT2D eigenvalue weighted by Gasteiger charge is 2.19. The van der Waals surface area contributed by atoms with Gasteiger partial charge in [0.25, 0.3) is 0 Å². The molecular formula is C18H18ClN5S. The number of rotatable bonds is 2. The molecule has 0 aliphatic carbocycles. The number of halogens is 1. The van der Waals surface area contributed by atoms with Crippen LogP contribution in [0.1, 0.15) is 29.3 Å². The van der Waals surface area contributed by atoms with Gasteiger partial charge < -0.3 is 9.72 Å². The first-order valence-electron chi connectivity index (χ1n) is 8.52. The average molecular weight is 372 g/mol. The maximum Gasteiger partial charge on any atom is 0.155 e. The number of nitrogens with zero attached hydrogens (tertiary/aromatic N) is 4. The van der Waals surface area contributed by atoms with Crippen molar-refractivity contribution in [1.29, 1.82) is 0 Å². The number of pyridine rings is 1. The van der Waals surface area contributed by atoms with Crippen LogP contribution in [0.3, 0.4) is 0 Å². The Labute approximate surface area is 154 Å². The zero-order valence-electron chi connectivity index (χ0n) is 13.9. The van der Waals surface area contributed by atoms with E-state index >= 15 is 0 Å². The number of hydrogen-bond acceptors (Lipinski definition) is 4. The highest BCUT2D eigenvalue weighted by Crippen LogP contribution is 2.35. The van der Waals surface area contributed by atoms with Gasteiger partial charge in [0.05, 0.1) is 16.4 Å². The van der Waals surface area contributed by atoms with E-state index in [0.717, 1.165) is 34.9 Å². The minimum Gasteiger partial charge on any atom is -0.317 e. The van der Waals surface area contributed by atoms with Crippen molar-refractivity contribution < 1.29 is 0 Å². The fourth-order valence-electron chi connectivity index (χ4n) is 3.57. The standard InChI is InChI=1S/C18H18ClN5S/c1-11-8-23-10-14(7-15(19)17(23)21-11)24-9-13-6-16(25-18(13)22-24)12-2-4-20-5-3-12/h6-10,12,20H,2-5H2,1H3. The van der Waals surface area contributed by atoms with Crippen LogP contribution in [0, 0.1) is 6.92 Å². The summed E-state index contributed by atoms with van der Waals surface area (Å²) in [5.41, 5.74) is 2.68. The van der Waals surface area contributed by atoms with Gasteiger partial charge >= 0.3 is 0 Å². The van der Waals surface area contributed by atoms with Gasteiger partial charge in [0.2, 0.25) is 0 Å². The number of aromatic nitrogens is 4. The van der Waals surface area contributed by atoms with Crippen molar-refractivity contribution in [2.75, 3.05) is 13.1 Å². The van der Waals surface area contributed by atoms with E-state index in [2.05, 4.69) is 22.6 Å². The first-order chi connectivity index (χ1) is 12.2. The molecule has 5 rings (SSSR count). The van der Waals surface area contributed by atoms with Gasteiger partial charge in [-0.05, 0) is 50.9 Å². The molecule has 0 unspecified atom stereocenters. The molecule has 0 amide bonds. The fraction of sp³-hybridized carbons (Fsp3) is 0.333. The van der Waals surface area contributed by atoms with E-state index in [1.165, 1.54) is 23.1 Å². The highest BCUT2D eigenvalue weighted by molar-refractivity contribution is 7.18. The number of thiophene rings is 1. The van der Waals surface area contributed by atoms with Crippen molar-refractivity contribution in [3.8, 4) is 5.69 Å². The Bertz CT molecular complexity index is 1040. The van der Waals surface area contributed by atoms with Crippen molar-refractivity contribution >= 4 is 38.8 Å². The zero-order valence-corrected chi connectivity index (χ0v) is 15.4. The van der Waals surface area contributed by atoms with Gasteiger partial charge in [0.15, 0.2) is 5.65 Å². The molecule has 7 heteroatoms. The molecular weight excluding hydrogens is 354 g/mol. The molecule has 4 aromatic heterocycles. The van der Waals surface area contributed by atoms with Crippen molar-refractivity contribution in [3.05, 3.63) is 46.3 Å². The molecule has 5 heterocycles. The molecule has 1 fully saturated rings. The van der Waals surface area contributed by atoms with Gasteiger partial charge in [-0.15, -0.1) is 11.3 Å². The quantitative estimate of drug-likeness (QED) is 0.575. The lowest BCUT2D eigenvalue weighted by molar-refractivity contribution is 0.465. The van der Waals surface area contributed by atoms with E-state index in [4.69, 9.17) is 16.7 Å². The van der Waals surface area contributed by atoms with Gasteiger partial charge in [-0.2, -0.15) is 5.10 Å². The maximum absolute atomic E-state index is 6.40. The summed E-state index contributed by atoms with van der Waals surface area (Å²) in [7, 11) is 0. The van der Waals surface area contributed by atoms with Crippen LogP contribution in [0.4, 0.5) is 0 Å². The summed E-state index contributed by atoms with van der Waals surface area (Å²) in [6, 6.07) is 4.23. The monoisotopic (exact) mass is 371 g/mol. The lowest BCUT2D eigenvalue weighted by Crippen LogP contribution is -2.26. The predicted molar refractivity (Wildman–Crippen MR) is 102 cm³/mol. The maximum atomic E-state index is 6.40. The lowest BCUT2D eigenvalue weighted by Gasteiger charge is -2.21. The van der Waals surface area contributed by atoms with Crippen LogP contribution in [-0.4, -0.2) is 32.3 Å². The molecule has 0 saturated carbocycles. The molecule has 0 bridgehead atoms. The van der Waals surface area contributed by atoms with Crippen molar-refractivity contribution in [2.45, 2.75) is 25.7 Å². The van der Waals surface area contributed by atoms with Crippen molar-refractivity contribution in [2.24, 2.45) is 0 Å². The molecule has 5 nitrogen and oxygen atoms in total. The van der Waals surface area contributed by atoms with Crippen LogP contribution in [0.25, 0.3) is 21.6 Å². The van der Waals surface area contributed by atoms with Crippen LogP contribution < -0.4 is 5.32 Å².